The van der Waals surface area contributed by atoms with Crippen LogP contribution in [0.3, 0.4) is 0 Å². The molecule has 98 valence electrons. The number of hydrogen-bond acceptors (Lipinski definition) is 6. The van der Waals surface area contributed by atoms with Gasteiger partial charge in [-0.25, -0.2) is 0 Å². The Balaban J connectivity index is 2.45. The van der Waals surface area contributed by atoms with Crippen molar-refractivity contribution in [1.29, 1.82) is 0 Å². The van der Waals surface area contributed by atoms with Gasteiger partial charge in [-0.2, -0.15) is 0 Å². The Kier molecular flexibility index (Phi) is 5.85. The van der Waals surface area contributed by atoms with Crippen molar-refractivity contribution in [2.24, 2.45) is 0 Å². The first-order valence-corrected chi connectivity index (χ1v) is 5.47. The van der Waals surface area contributed by atoms with Gasteiger partial charge in [-0.1, -0.05) is 0 Å². The Morgan fingerprint density at radius 2 is 1.88 bits per heavy atom. The highest BCUT2D eigenvalue weighted by Crippen LogP contribution is 2.21. The molecule has 0 saturated carbocycles. The molecule has 1 rings (SSSR count). The van der Waals surface area contributed by atoms with Crippen LogP contribution in [0, 0.1) is 12.3 Å². The maximum atomic E-state index is 9.60. The molecule has 17 heavy (non-hydrogen) atoms. The molecule has 1 saturated heterocycles. The molecule has 0 aromatic carbocycles. The van der Waals surface area contributed by atoms with Crippen LogP contribution in [0.4, 0.5) is 0 Å². The van der Waals surface area contributed by atoms with Crippen LogP contribution in [-0.2, 0) is 9.47 Å². The Bertz CT molecular complexity index is 261. The van der Waals surface area contributed by atoms with Gasteiger partial charge >= 0.3 is 0 Å². The van der Waals surface area contributed by atoms with E-state index >= 15 is 0 Å². The fourth-order valence-electron chi connectivity index (χ4n) is 1.58. The average Bonchev–Trinajstić information content (AvgIpc) is 2.34. The number of terminal acetylenes is 1. The summed E-state index contributed by atoms with van der Waals surface area (Å²) in [7, 11) is 0. The van der Waals surface area contributed by atoms with E-state index in [9.17, 15) is 15.3 Å². The molecule has 4 N–H and O–H groups in total. The molecular weight excluding hydrogens is 228 g/mol. The standard InChI is InChI=1S/C11H18O6/c1-2-3-4-5-16-11-10(15)9(14)8(13)7(6-12)17-11/h1,7-15H,3-6H2/t7-,8-,9+,10+,11+/m1/s1. The zero-order valence-corrected chi connectivity index (χ0v) is 9.40. The van der Waals surface area contributed by atoms with Gasteiger partial charge in [-0.3, -0.25) is 0 Å². The van der Waals surface area contributed by atoms with E-state index in [1.807, 2.05) is 0 Å². The average molecular weight is 246 g/mol. The molecule has 0 aromatic heterocycles. The fraction of sp³-hybridized carbons (Fsp3) is 0.818. The van der Waals surface area contributed by atoms with Crippen LogP contribution >= 0.6 is 0 Å². The maximum absolute atomic E-state index is 9.60. The summed E-state index contributed by atoms with van der Waals surface area (Å²) in [4.78, 5) is 0. The van der Waals surface area contributed by atoms with Gasteiger partial charge in [-0.05, 0) is 6.42 Å². The zero-order chi connectivity index (χ0) is 12.8. The molecule has 1 fully saturated rings. The third-order valence-corrected chi connectivity index (χ3v) is 2.60. The number of unbranched alkanes of at least 4 members (excludes halogenated alkanes) is 1. The summed E-state index contributed by atoms with van der Waals surface area (Å²) in [6.07, 6.45) is 0.0899. The molecule has 0 unspecified atom stereocenters. The second-order valence-corrected chi connectivity index (χ2v) is 3.88. The van der Waals surface area contributed by atoms with Crippen LogP contribution in [0.1, 0.15) is 12.8 Å². The van der Waals surface area contributed by atoms with E-state index < -0.39 is 37.3 Å². The highest BCUT2D eigenvalue weighted by Gasteiger charge is 2.43. The number of aliphatic hydroxyl groups excluding tert-OH is 4. The second-order valence-electron chi connectivity index (χ2n) is 3.88. The Labute approximate surface area is 99.8 Å². The van der Waals surface area contributed by atoms with Crippen LogP contribution in [-0.4, -0.2) is 64.3 Å². The number of ether oxygens (including phenoxy) is 2. The SMILES string of the molecule is C#CCCCO[C@H]1O[C@H](CO)[C@@H](O)[C@H](O)[C@@H]1O. The number of rotatable bonds is 5. The van der Waals surface area contributed by atoms with Crippen LogP contribution in [0.15, 0.2) is 0 Å². The van der Waals surface area contributed by atoms with Crippen molar-refractivity contribution in [2.75, 3.05) is 13.2 Å². The highest BCUT2D eigenvalue weighted by atomic mass is 16.7. The lowest BCUT2D eigenvalue weighted by molar-refractivity contribution is -0.301. The lowest BCUT2D eigenvalue weighted by Gasteiger charge is -2.39. The predicted octanol–water partition coefficient (Wildman–Crippen LogP) is -1.78. The third kappa shape index (κ3) is 3.64. The van der Waals surface area contributed by atoms with Gasteiger partial charge < -0.3 is 29.9 Å². The van der Waals surface area contributed by atoms with E-state index in [2.05, 4.69) is 5.92 Å². The van der Waals surface area contributed by atoms with Gasteiger partial charge in [0.05, 0.1) is 13.2 Å². The molecule has 0 aliphatic carbocycles. The van der Waals surface area contributed by atoms with E-state index in [0.29, 0.717) is 12.8 Å². The van der Waals surface area contributed by atoms with Gasteiger partial charge in [0, 0.05) is 6.42 Å². The third-order valence-electron chi connectivity index (χ3n) is 2.60. The zero-order valence-electron chi connectivity index (χ0n) is 9.40. The maximum Gasteiger partial charge on any atom is 0.186 e. The number of hydrogen-bond donors (Lipinski definition) is 4. The summed E-state index contributed by atoms with van der Waals surface area (Å²) in [5.74, 6) is 2.44. The quantitative estimate of drug-likeness (QED) is 0.338. The topological polar surface area (TPSA) is 99.4 Å². The first-order chi connectivity index (χ1) is 8.11. The second kappa shape index (κ2) is 6.91. The van der Waals surface area contributed by atoms with Crippen molar-refractivity contribution < 1.29 is 29.9 Å². The van der Waals surface area contributed by atoms with E-state index in [1.165, 1.54) is 0 Å². The molecule has 0 bridgehead atoms. The Hall–Kier alpha value is -0.680. The van der Waals surface area contributed by atoms with Crippen molar-refractivity contribution in [2.45, 2.75) is 43.5 Å². The van der Waals surface area contributed by atoms with Gasteiger partial charge in [0.2, 0.25) is 0 Å². The lowest BCUT2D eigenvalue weighted by atomic mass is 9.99. The summed E-state index contributed by atoms with van der Waals surface area (Å²) in [5, 5.41) is 37.5. The molecule has 5 atom stereocenters. The predicted molar refractivity (Wildman–Crippen MR) is 57.8 cm³/mol. The summed E-state index contributed by atoms with van der Waals surface area (Å²) in [6.45, 7) is -0.192. The van der Waals surface area contributed by atoms with Crippen LogP contribution in [0.5, 0.6) is 0 Å². The number of aliphatic hydroxyl groups is 4. The summed E-state index contributed by atoms with van der Waals surface area (Å²) in [5.41, 5.74) is 0. The monoisotopic (exact) mass is 246 g/mol. The minimum absolute atomic E-state index is 0.271. The molecule has 1 heterocycles. The van der Waals surface area contributed by atoms with Crippen molar-refractivity contribution in [3.63, 3.8) is 0 Å². The van der Waals surface area contributed by atoms with E-state index in [1.54, 1.807) is 0 Å². The normalized spacial score (nSPS) is 37.7. The van der Waals surface area contributed by atoms with Crippen LogP contribution in [0.2, 0.25) is 0 Å². The Morgan fingerprint density at radius 1 is 1.18 bits per heavy atom. The summed E-state index contributed by atoms with van der Waals surface area (Å²) in [6, 6.07) is 0. The summed E-state index contributed by atoms with van der Waals surface area (Å²) >= 11 is 0. The molecule has 0 aromatic rings. The van der Waals surface area contributed by atoms with Crippen molar-refractivity contribution in [3.05, 3.63) is 0 Å². The molecule has 6 heteroatoms. The minimum atomic E-state index is -1.40. The van der Waals surface area contributed by atoms with Crippen molar-refractivity contribution >= 4 is 0 Å². The molecule has 0 spiro atoms. The Morgan fingerprint density at radius 3 is 2.47 bits per heavy atom. The van der Waals surface area contributed by atoms with Gasteiger partial charge in [0.15, 0.2) is 6.29 Å². The lowest BCUT2D eigenvalue weighted by Crippen LogP contribution is -2.59. The van der Waals surface area contributed by atoms with Crippen molar-refractivity contribution in [3.8, 4) is 12.3 Å². The first kappa shape index (κ1) is 14.4. The van der Waals surface area contributed by atoms with Crippen LogP contribution in [0.25, 0.3) is 0 Å². The van der Waals surface area contributed by atoms with E-state index in [-0.39, 0.29) is 6.61 Å². The first-order valence-electron chi connectivity index (χ1n) is 5.47. The van der Waals surface area contributed by atoms with Gasteiger partial charge in [0.1, 0.15) is 24.4 Å². The fourth-order valence-corrected chi connectivity index (χ4v) is 1.58. The molecular formula is C11H18O6. The van der Waals surface area contributed by atoms with Crippen LogP contribution < -0.4 is 0 Å². The van der Waals surface area contributed by atoms with Gasteiger partial charge in [-0.15, -0.1) is 12.3 Å². The van der Waals surface area contributed by atoms with Crippen molar-refractivity contribution in [1.82, 2.24) is 0 Å². The molecule has 6 nitrogen and oxygen atoms in total. The van der Waals surface area contributed by atoms with E-state index in [0.717, 1.165) is 0 Å². The molecule has 1 aliphatic rings. The van der Waals surface area contributed by atoms with E-state index in [4.69, 9.17) is 21.0 Å². The largest absolute Gasteiger partial charge is 0.394 e. The molecule has 0 amide bonds. The highest BCUT2D eigenvalue weighted by molar-refractivity contribution is 4.89. The molecule has 1 aliphatic heterocycles. The smallest absolute Gasteiger partial charge is 0.186 e. The van der Waals surface area contributed by atoms with Gasteiger partial charge in [0.25, 0.3) is 0 Å². The summed E-state index contributed by atoms with van der Waals surface area (Å²) < 4.78 is 10.3. The minimum Gasteiger partial charge on any atom is -0.394 e. The molecule has 0 radical (unpaired) electrons.